The second-order valence-electron chi connectivity index (χ2n) is 4.71. The van der Waals surface area contributed by atoms with E-state index in [1.54, 1.807) is 0 Å². The molecule has 0 aromatic rings. The van der Waals surface area contributed by atoms with Gasteiger partial charge in [0.2, 0.25) is 0 Å². The van der Waals surface area contributed by atoms with E-state index in [9.17, 15) is 4.79 Å². The Morgan fingerprint density at radius 2 is 1.50 bits per heavy atom. The molecule has 0 aliphatic carbocycles. The molecule has 20 heavy (non-hydrogen) atoms. The fraction of sp³-hybridized carbons (Fsp3) is 0.722. The number of esters is 1. The van der Waals surface area contributed by atoms with E-state index >= 15 is 0 Å². The third-order valence-electron chi connectivity index (χ3n) is 2.82. The molecule has 0 spiro atoms. The van der Waals surface area contributed by atoms with E-state index in [2.05, 4.69) is 30.6 Å². The van der Waals surface area contributed by atoms with Gasteiger partial charge < -0.3 is 4.74 Å². The third kappa shape index (κ3) is 14.7. The van der Waals surface area contributed by atoms with E-state index in [0.29, 0.717) is 19.4 Å². The summed E-state index contributed by atoms with van der Waals surface area (Å²) in [6.07, 6.45) is 9.84. The predicted octanol–water partition coefficient (Wildman–Crippen LogP) is 4.48. The molecule has 0 N–H and O–H groups in total. The second kappa shape index (κ2) is 15.6. The Morgan fingerprint density at radius 1 is 0.850 bits per heavy atom. The van der Waals surface area contributed by atoms with Crippen molar-refractivity contribution in [3.63, 3.8) is 0 Å². The maximum absolute atomic E-state index is 11.1. The van der Waals surface area contributed by atoms with Crippen molar-refractivity contribution < 1.29 is 9.53 Å². The van der Waals surface area contributed by atoms with Gasteiger partial charge in [-0.3, -0.25) is 4.79 Å². The highest BCUT2D eigenvalue weighted by molar-refractivity contribution is 5.69. The van der Waals surface area contributed by atoms with Crippen LogP contribution in [-0.2, 0) is 9.53 Å². The summed E-state index contributed by atoms with van der Waals surface area (Å²) in [5, 5.41) is 0. The molecule has 2 nitrogen and oxygen atoms in total. The van der Waals surface area contributed by atoms with Crippen LogP contribution in [0.3, 0.4) is 0 Å². The summed E-state index contributed by atoms with van der Waals surface area (Å²) in [6.45, 7) is 4.51. The third-order valence-corrected chi connectivity index (χ3v) is 2.82. The molecule has 0 aromatic heterocycles. The standard InChI is InChI=1S/C18H28O2/c1-3-5-6-7-8-9-10-11-12-13-14-15-16-17-18(19)20-4-2/h3-7,10,13-17H2,1-2H3. The number of carbonyl (C=O) groups excluding carboxylic acids is 1. The van der Waals surface area contributed by atoms with E-state index in [1.807, 2.05) is 6.92 Å². The molecule has 0 aliphatic heterocycles. The summed E-state index contributed by atoms with van der Waals surface area (Å²) in [7, 11) is 0. The van der Waals surface area contributed by atoms with Crippen LogP contribution in [0.25, 0.3) is 0 Å². The van der Waals surface area contributed by atoms with Crippen LogP contribution in [0.1, 0.15) is 78.1 Å². The molecule has 0 aromatic carbocycles. The minimum Gasteiger partial charge on any atom is -0.466 e. The lowest BCUT2D eigenvalue weighted by molar-refractivity contribution is -0.143. The van der Waals surface area contributed by atoms with Crippen LogP contribution in [0.5, 0.6) is 0 Å². The molecular weight excluding hydrogens is 248 g/mol. The van der Waals surface area contributed by atoms with Gasteiger partial charge in [0.05, 0.1) is 13.0 Å². The van der Waals surface area contributed by atoms with Crippen molar-refractivity contribution in [2.24, 2.45) is 0 Å². The Hall–Kier alpha value is -1.41. The number of rotatable bonds is 9. The summed E-state index contributed by atoms with van der Waals surface area (Å²) in [4.78, 5) is 11.1. The van der Waals surface area contributed by atoms with Crippen molar-refractivity contribution in [3.8, 4) is 23.7 Å². The first-order valence-electron chi connectivity index (χ1n) is 7.88. The molecule has 0 bridgehead atoms. The highest BCUT2D eigenvalue weighted by atomic mass is 16.5. The molecule has 0 aliphatic rings. The fourth-order valence-electron chi connectivity index (χ4n) is 1.70. The van der Waals surface area contributed by atoms with Crippen LogP contribution < -0.4 is 0 Å². The quantitative estimate of drug-likeness (QED) is 0.353. The number of carbonyl (C=O) groups is 1. The molecule has 0 atom stereocenters. The smallest absolute Gasteiger partial charge is 0.305 e. The van der Waals surface area contributed by atoms with Crippen LogP contribution in [0.2, 0.25) is 0 Å². The average Bonchev–Trinajstić information content (AvgIpc) is 2.44. The normalized spacial score (nSPS) is 9.10. The van der Waals surface area contributed by atoms with Gasteiger partial charge in [-0.05, 0) is 26.2 Å². The summed E-state index contributed by atoms with van der Waals surface area (Å²) in [5.74, 6) is 12.4. The van der Waals surface area contributed by atoms with Gasteiger partial charge in [-0.25, -0.2) is 0 Å². The van der Waals surface area contributed by atoms with Crippen LogP contribution in [-0.4, -0.2) is 12.6 Å². The highest BCUT2D eigenvalue weighted by Crippen LogP contribution is 2.03. The van der Waals surface area contributed by atoms with Crippen molar-refractivity contribution in [1.29, 1.82) is 0 Å². The van der Waals surface area contributed by atoms with Gasteiger partial charge in [0.25, 0.3) is 0 Å². The molecule has 0 unspecified atom stereocenters. The topological polar surface area (TPSA) is 26.3 Å². The van der Waals surface area contributed by atoms with Gasteiger partial charge >= 0.3 is 5.97 Å². The first-order chi connectivity index (χ1) is 9.81. The van der Waals surface area contributed by atoms with Crippen molar-refractivity contribution in [2.45, 2.75) is 78.1 Å². The number of hydrogen-bond acceptors (Lipinski definition) is 2. The Labute approximate surface area is 124 Å². The van der Waals surface area contributed by atoms with Crippen LogP contribution in [0.15, 0.2) is 0 Å². The number of unbranched alkanes of at least 4 members (excludes halogenated alkanes) is 6. The number of hydrogen-bond donors (Lipinski definition) is 0. The van der Waals surface area contributed by atoms with Crippen molar-refractivity contribution in [2.75, 3.05) is 6.61 Å². The molecule has 0 saturated carbocycles. The van der Waals surface area contributed by atoms with E-state index in [-0.39, 0.29) is 5.97 Å². The summed E-state index contributed by atoms with van der Waals surface area (Å²) < 4.78 is 4.87. The van der Waals surface area contributed by atoms with E-state index in [1.165, 1.54) is 19.3 Å². The minimum absolute atomic E-state index is 0.0862. The Kier molecular flexibility index (Phi) is 14.5. The zero-order valence-corrected chi connectivity index (χ0v) is 13.1. The van der Waals surface area contributed by atoms with E-state index < -0.39 is 0 Å². The largest absolute Gasteiger partial charge is 0.466 e. The Morgan fingerprint density at radius 3 is 2.10 bits per heavy atom. The molecule has 0 amide bonds. The molecular formula is C18H28O2. The van der Waals surface area contributed by atoms with E-state index in [4.69, 9.17) is 4.74 Å². The molecule has 0 heterocycles. The fourth-order valence-corrected chi connectivity index (χ4v) is 1.70. The summed E-state index contributed by atoms with van der Waals surface area (Å²) in [5.41, 5.74) is 0. The number of ether oxygens (including phenoxy) is 1. The van der Waals surface area contributed by atoms with Crippen molar-refractivity contribution in [1.82, 2.24) is 0 Å². The lowest BCUT2D eigenvalue weighted by Gasteiger charge is -2.00. The van der Waals surface area contributed by atoms with Crippen LogP contribution in [0.4, 0.5) is 0 Å². The monoisotopic (exact) mass is 276 g/mol. The second-order valence-corrected chi connectivity index (χ2v) is 4.71. The van der Waals surface area contributed by atoms with Gasteiger partial charge in [-0.2, -0.15) is 0 Å². The Bertz CT molecular complexity index is 349. The summed E-state index contributed by atoms with van der Waals surface area (Å²) >= 11 is 0. The van der Waals surface area contributed by atoms with Gasteiger partial charge in [0, 0.05) is 19.3 Å². The molecule has 2 heteroatoms. The predicted molar refractivity (Wildman–Crippen MR) is 84.0 cm³/mol. The van der Waals surface area contributed by atoms with Crippen LogP contribution in [0, 0.1) is 23.7 Å². The minimum atomic E-state index is -0.0862. The van der Waals surface area contributed by atoms with Gasteiger partial charge in [0.1, 0.15) is 0 Å². The maximum Gasteiger partial charge on any atom is 0.305 e. The zero-order chi connectivity index (χ0) is 14.9. The first kappa shape index (κ1) is 18.6. The first-order valence-corrected chi connectivity index (χ1v) is 7.88. The molecule has 0 rings (SSSR count). The molecule has 0 radical (unpaired) electrons. The highest BCUT2D eigenvalue weighted by Gasteiger charge is 1.99. The average molecular weight is 276 g/mol. The molecule has 112 valence electrons. The van der Waals surface area contributed by atoms with Crippen molar-refractivity contribution >= 4 is 5.97 Å². The van der Waals surface area contributed by atoms with Crippen LogP contribution >= 0.6 is 0 Å². The van der Waals surface area contributed by atoms with Gasteiger partial charge in [-0.15, -0.1) is 11.8 Å². The Balaban J connectivity index is 3.34. The van der Waals surface area contributed by atoms with Crippen molar-refractivity contribution in [3.05, 3.63) is 0 Å². The molecule has 0 saturated heterocycles. The maximum atomic E-state index is 11.1. The van der Waals surface area contributed by atoms with E-state index in [0.717, 1.165) is 32.1 Å². The van der Waals surface area contributed by atoms with Gasteiger partial charge in [0.15, 0.2) is 0 Å². The zero-order valence-electron chi connectivity index (χ0n) is 13.1. The molecule has 0 fully saturated rings. The lowest BCUT2D eigenvalue weighted by atomic mass is 10.1. The SMILES string of the molecule is CCCCCC#CCC#CCCCCCC(=O)OCC. The lowest BCUT2D eigenvalue weighted by Crippen LogP contribution is -2.02. The summed E-state index contributed by atoms with van der Waals surface area (Å²) in [6, 6.07) is 0. The van der Waals surface area contributed by atoms with Gasteiger partial charge in [-0.1, -0.05) is 38.0 Å².